The lowest BCUT2D eigenvalue weighted by Gasteiger charge is -2.20. The van der Waals surface area contributed by atoms with E-state index in [0.717, 1.165) is 6.42 Å². The van der Waals surface area contributed by atoms with Crippen LogP contribution in [0.15, 0.2) is 0 Å². The average Bonchev–Trinajstić information content (AvgIpc) is 2.11. The summed E-state index contributed by atoms with van der Waals surface area (Å²) in [4.78, 5) is 0. The minimum atomic E-state index is 0. The molecule has 0 aromatic carbocycles. The molecule has 3 heteroatoms. The normalized spacial score (nSPS) is 10.4. The Bertz CT molecular complexity index is 118. The van der Waals surface area contributed by atoms with Crippen molar-refractivity contribution in [2.24, 2.45) is 5.41 Å². The summed E-state index contributed by atoms with van der Waals surface area (Å²) in [5.74, 6) is 0. The van der Waals surface area contributed by atoms with Crippen LogP contribution >= 0.6 is 17.0 Å². The molecule has 0 aromatic rings. The summed E-state index contributed by atoms with van der Waals surface area (Å²) in [6, 6.07) is 0. The lowest BCUT2D eigenvalue weighted by atomic mass is 9.88. The topological polar surface area (TPSA) is 55.2 Å². The number of hydrogen-bond donors (Lipinski definition) is 2. The zero-order valence-corrected chi connectivity index (χ0v) is 12.4. The summed E-state index contributed by atoms with van der Waals surface area (Å²) in [5.41, 5.74) is 0.144. The molecular weight excluding hydrogens is 254 g/mol. The van der Waals surface area contributed by atoms with E-state index in [9.17, 15) is 0 Å². The molecule has 0 atom stereocenters. The van der Waals surface area contributed by atoms with Gasteiger partial charge >= 0.3 is 0 Å². The Morgan fingerprint density at radius 1 is 0.933 bits per heavy atom. The highest BCUT2D eigenvalue weighted by molar-refractivity contribution is 8.93. The summed E-state index contributed by atoms with van der Waals surface area (Å²) < 4.78 is 0. The van der Waals surface area contributed by atoms with E-state index >= 15 is 0 Å². The maximum Gasteiger partial charge on any atom is 0.0482 e. The van der Waals surface area contributed by atoms with E-state index in [1.54, 1.807) is 0 Å². The second kappa shape index (κ2) is 12.5. The molecule has 15 heavy (non-hydrogen) atoms. The van der Waals surface area contributed by atoms with E-state index in [0.29, 0.717) is 6.61 Å². The van der Waals surface area contributed by atoms with Gasteiger partial charge in [-0.3, -0.25) is 0 Å². The largest absolute Gasteiger partial charge is 0.396 e. The van der Waals surface area contributed by atoms with Crippen LogP contribution in [0.4, 0.5) is 0 Å². The van der Waals surface area contributed by atoms with Crippen molar-refractivity contribution in [2.45, 2.75) is 65.7 Å². The van der Waals surface area contributed by atoms with Gasteiger partial charge in [-0.15, -0.1) is 17.0 Å². The second-order valence-corrected chi connectivity index (χ2v) is 4.84. The van der Waals surface area contributed by atoms with Crippen molar-refractivity contribution in [2.75, 3.05) is 6.61 Å². The predicted octanol–water partition coefficient (Wildman–Crippen LogP) is 4.50. The standard InChI is InChI=1S/C12H26O.BrH.H3N/c1-4-5-6-7-8-9-10-12(2,3)11-13;;/h13H,4-11H2,1-3H3;1H;1H3. The minimum Gasteiger partial charge on any atom is -0.396 e. The van der Waals surface area contributed by atoms with Gasteiger partial charge in [0.15, 0.2) is 0 Å². The van der Waals surface area contributed by atoms with Crippen LogP contribution in [0, 0.1) is 5.41 Å². The van der Waals surface area contributed by atoms with Crippen molar-refractivity contribution in [1.82, 2.24) is 6.15 Å². The van der Waals surface area contributed by atoms with Crippen LogP contribution in [0.1, 0.15) is 65.7 Å². The molecule has 0 spiro atoms. The highest BCUT2D eigenvalue weighted by Crippen LogP contribution is 2.22. The van der Waals surface area contributed by atoms with Crippen LogP contribution < -0.4 is 6.15 Å². The maximum absolute atomic E-state index is 9.03. The van der Waals surface area contributed by atoms with Gasteiger partial charge in [0.05, 0.1) is 0 Å². The molecule has 2 nitrogen and oxygen atoms in total. The van der Waals surface area contributed by atoms with E-state index in [1.165, 1.54) is 38.5 Å². The first-order valence-electron chi connectivity index (χ1n) is 5.73. The van der Waals surface area contributed by atoms with Crippen LogP contribution in [0.2, 0.25) is 0 Å². The van der Waals surface area contributed by atoms with Crippen LogP contribution in [0.25, 0.3) is 0 Å². The number of hydrogen-bond acceptors (Lipinski definition) is 2. The van der Waals surface area contributed by atoms with Gasteiger partial charge in [-0.1, -0.05) is 59.3 Å². The Kier molecular flexibility index (Phi) is 17.3. The SMILES string of the molecule is Br.CCCCCCCCC(C)(C)CO.N. The Hall–Kier alpha value is 0.400. The molecule has 0 saturated carbocycles. The zero-order valence-electron chi connectivity index (χ0n) is 10.7. The smallest absolute Gasteiger partial charge is 0.0482 e. The van der Waals surface area contributed by atoms with Gasteiger partial charge in [-0.05, 0) is 11.8 Å². The van der Waals surface area contributed by atoms with Gasteiger partial charge in [0, 0.05) is 6.61 Å². The first-order valence-corrected chi connectivity index (χ1v) is 5.73. The van der Waals surface area contributed by atoms with Crippen LogP contribution in [-0.2, 0) is 0 Å². The molecule has 0 saturated heterocycles. The van der Waals surface area contributed by atoms with Gasteiger partial charge in [-0.25, -0.2) is 0 Å². The predicted molar refractivity (Wildman–Crippen MR) is 74.2 cm³/mol. The van der Waals surface area contributed by atoms with Gasteiger partial charge in [0.1, 0.15) is 0 Å². The summed E-state index contributed by atoms with van der Waals surface area (Å²) in [6.45, 7) is 6.84. The Morgan fingerprint density at radius 3 is 1.87 bits per heavy atom. The van der Waals surface area contributed by atoms with Gasteiger partial charge in [0.2, 0.25) is 0 Å². The molecule has 0 aromatic heterocycles. The van der Waals surface area contributed by atoms with Gasteiger partial charge in [-0.2, -0.15) is 0 Å². The molecule has 0 bridgehead atoms. The fourth-order valence-electron chi connectivity index (χ4n) is 1.46. The third-order valence-electron chi connectivity index (χ3n) is 2.64. The van der Waals surface area contributed by atoms with Crippen molar-refractivity contribution < 1.29 is 5.11 Å². The zero-order chi connectivity index (χ0) is 10.2. The molecule has 0 aliphatic carbocycles. The van der Waals surface area contributed by atoms with E-state index in [1.807, 2.05) is 0 Å². The highest BCUT2D eigenvalue weighted by Gasteiger charge is 2.14. The molecule has 0 aliphatic heterocycles. The van der Waals surface area contributed by atoms with Gasteiger partial charge in [0.25, 0.3) is 0 Å². The van der Waals surface area contributed by atoms with E-state index in [2.05, 4.69) is 20.8 Å². The highest BCUT2D eigenvalue weighted by atomic mass is 79.9. The average molecular weight is 284 g/mol. The number of aliphatic hydroxyl groups is 1. The van der Waals surface area contributed by atoms with Crippen LogP contribution in [0.5, 0.6) is 0 Å². The molecule has 0 heterocycles. The molecule has 0 amide bonds. The van der Waals surface area contributed by atoms with E-state index in [-0.39, 0.29) is 28.5 Å². The first kappa shape index (κ1) is 20.8. The first-order chi connectivity index (χ1) is 6.12. The van der Waals surface area contributed by atoms with E-state index < -0.39 is 0 Å². The second-order valence-electron chi connectivity index (χ2n) is 4.84. The van der Waals surface area contributed by atoms with Crippen molar-refractivity contribution in [3.63, 3.8) is 0 Å². The molecule has 4 N–H and O–H groups in total. The lowest BCUT2D eigenvalue weighted by molar-refractivity contribution is 0.147. The molecule has 0 unspecified atom stereocenters. The lowest BCUT2D eigenvalue weighted by Crippen LogP contribution is -2.16. The third kappa shape index (κ3) is 14.4. The molecule has 0 radical (unpaired) electrons. The summed E-state index contributed by atoms with van der Waals surface area (Å²) >= 11 is 0. The summed E-state index contributed by atoms with van der Waals surface area (Å²) in [6.07, 6.45) is 9.23. The molecule has 0 rings (SSSR count). The monoisotopic (exact) mass is 283 g/mol. The number of halogens is 1. The Balaban J connectivity index is -0.000000720. The van der Waals surface area contributed by atoms with Crippen molar-refractivity contribution >= 4 is 17.0 Å². The van der Waals surface area contributed by atoms with E-state index in [4.69, 9.17) is 5.11 Å². The molecular formula is C12H30BrNO. The molecule has 0 fully saturated rings. The van der Waals surface area contributed by atoms with Crippen molar-refractivity contribution in [3.05, 3.63) is 0 Å². The fourth-order valence-corrected chi connectivity index (χ4v) is 1.46. The van der Waals surface area contributed by atoms with Crippen molar-refractivity contribution in [3.8, 4) is 0 Å². The van der Waals surface area contributed by atoms with Crippen LogP contribution in [-0.4, -0.2) is 11.7 Å². The van der Waals surface area contributed by atoms with Gasteiger partial charge < -0.3 is 11.3 Å². The quantitative estimate of drug-likeness (QED) is 0.645. The Morgan fingerprint density at radius 2 is 1.40 bits per heavy atom. The number of aliphatic hydroxyl groups excluding tert-OH is 1. The summed E-state index contributed by atoms with van der Waals surface area (Å²) in [5, 5.41) is 9.03. The fraction of sp³-hybridized carbons (Fsp3) is 1.00. The van der Waals surface area contributed by atoms with Crippen molar-refractivity contribution in [1.29, 1.82) is 0 Å². The number of rotatable bonds is 8. The third-order valence-corrected chi connectivity index (χ3v) is 2.64. The molecule has 96 valence electrons. The Labute approximate surface area is 106 Å². The number of unbranched alkanes of at least 4 members (excludes halogenated alkanes) is 5. The minimum absolute atomic E-state index is 0. The van der Waals surface area contributed by atoms with Crippen LogP contribution in [0.3, 0.4) is 0 Å². The molecule has 0 aliphatic rings. The summed E-state index contributed by atoms with van der Waals surface area (Å²) in [7, 11) is 0. The maximum atomic E-state index is 9.03.